The van der Waals surface area contributed by atoms with E-state index >= 15 is 0 Å². The minimum atomic E-state index is -0.370. The van der Waals surface area contributed by atoms with Crippen LogP contribution >= 0.6 is 11.6 Å². The van der Waals surface area contributed by atoms with Gasteiger partial charge in [0.05, 0.1) is 5.92 Å². The fourth-order valence-corrected chi connectivity index (χ4v) is 2.74. The first kappa shape index (κ1) is 15.8. The summed E-state index contributed by atoms with van der Waals surface area (Å²) < 4.78 is 13.6. The molecule has 2 rings (SSSR count). The van der Waals surface area contributed by atoms with Gasteiger partial charge in [-0.15, -0.1) is 0 Å². The predicted octanol–water partition coefficient (Wildman–Crippen LogP) is 2.01. The molecule has 1 fully saturated rings. The van der Waals surface area contributed by atoms with Gasteiger partial charge in [-0.25, -0.2) is 4.39 Å². The van der Waals surface area contributed by atoms with Crippen LogP contribution in [0.3, 0.4) is 0 Å². The van der Waals surface area contributed by atoms with Gasteiger partial charge in [-0.2, -0.15) is 0 Å². The van der Waals surface area contributed by atoms with E-state index in [9.17, 15) is 14.0 Å². The molecule has 1 aliphatic heterocycles. The van der Waals surface area contributed by atoms with E-state index in [-0.39, 0.29) is 30.0 Å². The number of hydrogen-bond acceptors (Lipinski definition) is 2. The molecule has 1 aliphatic rings. The Hall–Kier alpha value is -1.62. The van der Waals surface area contributed by atoms with E-state index in [1.165, 1.54) is 6.07 Å². The first-order valence-corrected chi connectivity index (χ1v) is 7.39. The summed E-state index contributed by atoms with van der Waals surface area (Å²) >= 11 is 5.92. The lowest BCUT2D eigenvalue weighted by molar-refractivity contribution is -0.128. The van der Waals surface area contributed by atoms with Crippen LogP contribution in [-0.2, 0) is 16.0 Å². The maximum atomic E-state index is 13.6. The molecule has 6 heteroatoms. The molecule has 1 unspecified atom stereocenters. The van der Waals surface area contributed by atoms with Gasteiger partial charge >= 0.3 is 0 Å². The third-order valence-corrected chi connectivity index (χ3v) is 4.06. The second kappa shape index (κ2) is 6.89. The van der Waals surface area contributed by atoms with Crippen molar-refractivity contribution in [1.82, 2.24) is 10.2 Å². The average Bonchev–Trinajstić information content (AvgIpc) is 2.83. The molecule has 1 aromatic carbocycles. The summed E-state index contributed by atoms with van der Waals surface area (Å²) in [6.07, 6.45) is 0.579. The average molecular weight is 313 g/mol. The monoisotopic (exact) mass is 312 g/mol. The molecule has 1 N–H and O–H groups in total. The number of halogens is 2. The third-order valence-electron chi connectivity index (χ3n) is 3.70. The van der Waals surface area contributed by atoms with Gasteiger partial charge in [0.2, 0.25) is 11.8 Å². The highest BCUT2D eigenvalue weighted by Crippen LogP contribution is 2.20. The molecule has 4 nitrogen and oxygen atoms in total. The van der Waals surface area contributed by atoms with E-state index in [0.717, 1.165) is 0 Å². The van der Waals surface area contributed by atoms with Crippen LogP contribution in [0.15, 0.2) is 18.2 Å². The summed E-state index contributed by atoms with van der Waals surface area (Å²) in [5.74, 6) is -0.833. The van der Waals surface area contributed by atoms with Crippen molar-refractivity contribution in [3.8, 4) is 0 Å². The Morgan fingerprint density at radius 1 is 1.52 bits per heavy atom. The standard InChI is InChI=1S/C15H18ClFN2O2/c1-2-19-9-10(8-14(19)20)15(21)18-7-6-11-12(16)4-3-5-13(11)17/h3-5,10H,2,6-9H2,1H3,(H,18,21). The molecule has 21 heavy (non-hydrogen) atoms. The molecule has 0 aromatic heterocycles. The quantitative estimate of drug-likeness (QED) is 0.904. The van der Waals surface area contributed by atoms with E-state index in [1.807, 2.05) is 6.92 Å². The highest BCUT2D eigenvalue weighted by Gasteiger charge is 2.33. The fourth-order valence-electron chi connectivity index (χ4n) is 2.48. The zero-order valence-corrected chi connectivity index (χ0v) is 12.6. The molecule has 1 atom stereocenters. The SMILES string of the molecule is CCN1CC(C(=O)NCCc2c(F)cccc2Cl)CC1=O. The summed E-state index contributed by atoms with van der Waals surface area (Å²) in [6, 6.07) is 4.51. The minimum Gasteiger partial charge on any atom is -0.355 e. The minimum absolute atomic E-state index is 0.00907. The molecule has 1 heterocycles. The van der Waals surface area contributed by atoms with Gasteiger partial charge < -0.3 is 10.2 Å². The number of likely N-dealkylation sites (tertiary alicyclic amines) is 1. The molecule has 2 amide bonds. The number of rotatable bonds is 5. The molecule has 114 valence electrons. The van der Waals surface area contributed by atoms with Crippen LogP contribution in [0.2, 0.25) is 5.02 Å². The van der Waals surface area contributed by atoms with Gasteiger partial charge in [-0.1, -0.05) is 17.7 Å². The maximum absolute atomic E-state index is 13.6. The van der Waals surface area contributed by atoms with E-state index in [4.69, 9.17) is 11.6 Å². The smallest absolute Gasteiger partial charge is 0.225 e. The highest BCUT2D eigenvalue weighted by molar-refractivity contribution is 6.31. The molecule has 0 radical (unpaired) electrons. The van der Waals surface area contributed by atoms with E-state index in [0.29, 0.717) is 36.6 Å². The van der Waals surface area contributed by atoms with Gasteiger partial charge in [0, 0.05) is 36.6 Å². The predicted molar refractivity (Wildman–Crippen MR) is 78.5 cm³/mol. The molecule has 0 bridgehead atoms. The topological polar surface area (TPSA) is 49.4 Å². The second-order valence-electron chi connectivity index (χ2n) is 5.07. The van der Waals surface area contributed by atoms with Crippen LogP contribution in [0.1, 0.15) is 18.9 Å². The van der Waals surface area contributed by atoms with Gasteiger partial charge in [-0.3, -0.25) is 9.59 Å². The Labute approximate surface area is 128 Å². The number of benzene rings is 1. The van der Waals surface area contributed by atoms with E-state index < -0.39 is 0 Å². The van der Waals surface area contributed by atoms with Gasteiger partial charge in [-0.05, 0) is 25.5 Å². The normalized spacial score (nSPS) is 18.1. The Balaban J connectivity index is 1.84. The number of nitrogens with one attached hydrogen (secondary N) is 1. The number of amides is 2. The molecule has 0 aliphatic carbocycles. The summed E-state index contributed by atoms with van der Waals surface area (Å²) in [5.41, 5.74) is 0.400. The lowest BCUT2D eigenvalue weighted by Crippen LogP contribution is -2.34. The van der Waals surface area contributed by atoms with Crippen LogP contribution in [0.5, 0.6) is 0 Å². The first-order valence-electron chi connectivity index (χ1n) is 7.01. The van der Waals surface area contributed by atoms with Crippen molar-refractivity contribution in [3.63, 3.8) is 0 Å². The van der Waals surface area contributed by atoms with Crippen molar-refractivity contribution in [2.24, 2.45) is 5.92 Å². The van der Waals surface area contributed by atoms with Crippen LogP contribution in [0.4, 0.5) is 4.39 Å². The third kappa shape index (κ3) is 3.73. The number of hydrogen-bond donors (Lipinski definition) is 1. The fraction of sp³-hybridized carbons (Fsp3) is 0.467. The molecular weight excluding hydrogens is 295 g/mol. The van der Waals surface area contributed by atoms with Crippen LogP contribution in [-0.4, -0.2) is 36.3 Å². The Kier molecular flexibility index (Phi) is 5.17. The Bertz CT molecular complexity index is 530. The van der Waals surface area contributed by atoms with Crippen LogP contribution < -0.4 is 5.32 Å². The lowest BCUT2D eigenvalue weighted by atomic mass is 10.1. The van der Waals surface area contributed by atoms with Crippen molar-refractivity contribution in [2.45, 2.75) is 19.8 Å². The Morgan fingerprint density at radius 2 is 2.29 bits per heavy atom. The highest BCUT2D eigenvalue weighted by atomic mass is 35.5. The van der Waals surface area contributed by atoms with Crippen molar-refractivity contribution < 1.29 is 14.0 Å². The summed E-state index contributed by atoms with van der Waals surface area (Å²) in [6.45, 7) is 3.27. The molecule has 1 saturated heterocycles. The van der Waals surface area contributed by atoms with Crippen LogP contribution in [0, 0.1) is 11.7 Å². The van der Waals surface area contributed by atoms with E-state index in [2.05, 4.69) is 5.32 Å². The van der Waals surface area contributed by atoms with Crippen molar-refractivity contribution >= 4 is 23.4 Å². The van der Waals surface area contributed by atoms with Gasteiger partial charge in [0.1, 0.15) is 5.82 Å². The second-order valence-corrected chi connectivity index (χ2v) is 5.48. The zero-order valence-electron chi connectivity index (χ0n) is 11.9. The van der Waals surface area contributed by atoms with Crippen molar-refractivity contribution in [2.75, 3.05) is 19.6 Å². The number of carbonyl (C=O) groups excluding carboxylic acids is 2. The summed E-state index contributed by atoms with van der Waals surface area (Å²) in [4.78, 5) is 25.2. The maximum Gasteiger partial charge on any atom is 0.225 e. The summed E-state index contributed by atoms with van der Waals surface area (Å²) in [5, 5.41) is 3.11. The molecule has 0 spiro atoms. The lowest BCUT2D eigenvalue weighted by Gasteiger charge is -2.14. The summed E-state index contributed by atoms with van der Waals surface area (Å²) in [7, 11) is 0. The molecule has 0 saturated carbocycles. The van der Waals surface area contributed by atoms with Crippen LogP contribution in [0.25, 0.3) is 0 Å². The Morgan fingerprint density at radius 3 is 2.90 bits per heavy atom. The number of carbonyl (C=O) groups is 2. The first-order chi connectivity index (χ1) is 10.0. The number of nitrogens with zero attached hydrogens (tertiary/aromatic N) is 1. The van der Waals surface area contributed by atoms with Crippen molar-refractivity contribution in [1.29, 1.82) is 0 Å². The van der Waals surface area contributed by atoms with Gasteiger partial charge in [0.15, 0.2) is 0 Å². The van der Waals surface area contributed by atoms with E-state index in [1.54, 1.807) is 17.0 Å². The largest absolute Gasteiger partial charge is 0.355 e. The van der Waals surface area contributed by atoms with Crippen molar-refractivity contribution in [3.05, 3.63) is 34.6 Å². The molecular formula is C15H18ClFN2O2. The zero-order chi connectivity index (χ0) is 15.4. The van der Waals surface area contributed by atoms with Gasteiger partial charge in [0.25, 0.3) is 0 Å². The molecule has 1 aromatic rings.